The second kappa shape index (κ2) is 8.59. The third-order valence-electron chi connectivity index (χ3n) is 6.81. The molecule has 180 valence electrons. The lowest BCUT2D eigenvalue weighted by Crippen LogP contribution is -2.42. The van der Waals surface area contributed by atoms with Gasteiger partial charge in [-0.15, -0.1) is 0 Å². The minimum Gasteiger partial charge on any atom is -0.393 e. The van der Waals surface area contributed by atoms with E-state index in [2.05, 4.69) is 15.3 Å². The van der Waals surface area contributed by atoms with Crippen LogP contribution in [0.2, 0.25) is 0 Å². The number of aliphatic hydroxyl groups excluding tert-OH is 1. The van der Waals surface area contributed by atoms with Gasteiger partial charge in [-0.25, -0.2) is 26.5 Å². The van der Waals surface area contributed by atoms with Crippen molar-refractivity contribution in [2.45, 2.75) is 56.6 Å². The van der Waals surface area contributed by atoms with Gasteiger partial charge in [0.25, 0.3) is 5.56 Å². The quantitative estimate of drug-likeness (QED) is 0.600. The van der Waals surface area contributed by atoms with Crippen LogP contribution in [0, 0.1) is 5.92 Å². The molecule has 4 rings (SSSR count). The molecule has 2 N–H and O–H groups in total. The number of nitrogens with zero attached hydrogens (tertiary/aromatic N) is 4. The number of aliphatic hydroxyl groups is 1. The van der Waals surface area contributed by atoms with Gasteiger partial charge in [0.15, 0.2) is 7.85 Å². The van der Waals surface area contributed by atoms with E-state index in [-0.39, 0.29) is 23.6 Å². The van der Waals surface area contributed by atoms with E-state index in [9.17, 15) is 27.1 Å². The van der Waals surface area contributed by atoms with E-state index in [0.29, 0.717) is 52.0 Å². The molecule has 2 aromatic heterocycles. The van der Waals surface area contributed by atoms with E-state index >= 15 is 0 Å². The zero-order valence-electron chi connectivity index (χ0n) is 18.8. The fraction of sp³-hybridized carbons (Fsp3) is 0.650. The molecule has 2 fully saturated rings. The third-order valence-corrected chi connectivity index (χ3v) is 8.11. The van der Waals surface area contributed by atoms with Crippen molar-refractivity contribution >= 4 is 34.9 Å². The highest BCUT2D eigenvalue weighted by Gasteiger charge is 2.37. The largest absolute Gasteiger partial charge is 0.393 e. The number of hydrogen-bond donors (Lipinski definition) is 2. The highest BCUT2D eigenvalue weighted by molar-refractivity contribution is 7.88. The van der Waals surface area contributed by atoms with Crippen LogP contribution in [0.3, 0.4) is 0 Å². The van der Waals surface area contributed by atoms with Crippen LogP contribution in [-0.4, -0.2) is 71.7 Å². The fourth-order valence-electron chi connectivity index (χ4n) is 4.81. The maximum atomic E-state index is 14.2. The standard InChI is InChI=1S/C20H28BF2N5O4S/c1-11-15(3-4-16(11)29)28-17-12(9-14(18(28)30)20(21,22)23)10-24-19(26-17)25-13-5-7-27(8-6-13)33(2,31)32/h9-11,13,15-16,29H,3-8,21H2,1-2H3,(H,24,25,26)/t11-,15+,16+/m0/s1. The summed E-state index contributed by atoms with van der Waals surface area (Å²) in [7, 11) is -2.56. The fourth-order valence-corrected chi connectivity index (χ4v) is 5.69. The van der Waals surface area contributed by atoms with Crippen LogP contribution in [-0.2, 0) is 15.8 Å². The van der Waals surface area contributed by atoms with Crippen LogP contribution in [0.25, 0.3) is 11.0 Å². The lowest BCUT2D eigenvalue weighted by molar-refractivity contribution is 0.0913. The molecule has 3 atom stereocenters. The molecule has 0 amide bonds. The number of anilines is 1. The summed E-state index contributed by atoms with van der Waals surface area (Å²) in [6, 6.07) is 0.614. The zero-order chi connectivity index (χ0) is 24.1. The molecule has 0 bridgehead atoms. The number of rotatable bonds is 5. The second-order valence-corrected chi connectivity index (χ2v) is 11.2. The summed E-state index contributed by atoms with van der Waals surface area (Å²) < 4.78 is 54.6. The van der Waals surface area contributed by atoms with E-state index in [1.807, 2.05) is 0 Å². The minimum absolute atomic E-state index is 0.0629. The van der Waals surface area contributed by atoms with E-state index < -0.39 is 39.1 Å². The van der Waals surface area contributed by atoms with Crippen molar-refractivity contribution in [2.24, 2.45) is 5.92 Å². The first-order valence-corrected chi connectivity index (χ1v) is 12.9. The molecule has 13 heteroatoms. The van der Waals surface area contributed by atoms with Crippen LogP contribution in [0.4, 0.5) is 14.7 Å². The van der Waals surface area contributed by atoms with Crippen LogP contribution in [0.1, 0.15) is 44.2 Å². The SMILES string of the molecule is BC(F)(F)c1cc2cnc(NC3CCN(S(C)(=O)=O)CC3)nc2n([C@@H]2CC[C@@H](O)[C@H]2C)c1=O. The molecule has 1 saturated heterocycles. The molecule has 2 aromatic rings. The molecular formula is C20H28BF2N5O4S. The van der Waals surface area contributed by atoms with Gasteiger partial charge >= 0.3 is 0 Å². The van der Waals surface area contributed by atoms with Gasteiger partial charge in [0.05, 0.1) is 17.9 Å². The van der Waals surface area contributed by atoms with E-state index in [1.54, 1.807) is 6.92 Å². The Kier molecular flexibility index (Phi) is 6.25. The normalized spacial score (nSPS) is 25.5. The molecule has 0 radical (unpaired) electrons. The van der Waals surface area contributed by atoms with Gasteiger partial charge < -0.3 is 10.4 Å². The number of piperidine rings is 1. The monoisotopic (exact) mass is 483 g/mol. The van der Waals surface area contributed by atoms with Crippen molar-refractivity contribution < 1.29 is 22.3 Å². The van der Waals surface area contributed by atoms with Crippen LogP contribution < -0.4 is 10.9 Å². The Morgan fingerprint density at radius 1 is 1.24 bits per heavy atom. The Morgan fingerprint density at radius 2 is 1.91 bits per heavy atom. The summed E-state index contributed by atoms with van der Waals surface area (Å²) in [6.07, 6.45) is 4.05. The predicted octanol–water partition coefficient (Wildman–Crippen LogP) is 0.642. The van der Waals surface area contributed by atoms with Crippen molar-refractivity contribution in [1.82, 2.24) is 18.8 Å². The van der Waals surface area contributed by atoms with Crippen LogP contribution in [0.5, 0.6) is 0 Å². The number of fused-ring (bicyclic) bond motifs is 1. The maximum absolute atomic E-state index is 14.2. The molecule has 0 aromatic carbocycles. The Hall–Kier alpha value is -2.12. The second-order valence-electron chi connectivity index (χ2n) is 9.25. The average molecular weight is 483 g/mol. The van der Waals surface area contributed by atoms with E-state index in [0.717, 1.165) is 6.07 Å². The number of halogens is 2. The Bertz CT molecular complexity index is 1210. The highest BCUT2D eigenvalue weighted by atomic mass is 32.2. The zero-order valence-corrected chi connectivity index (χ0v) is 19.6. The Labute approximate surface area is 191 Å². The molecule has 1 saturated carbocycles. The summed E-state index contributed by atoms with van der Waals surface area (Å²) in [4.78, 5) is 21.9. The topological polar surface area (TPSA) is 117 Å². The lowest BCUT2D eigenvalue weighted by Gasteiger charge is -2.30. The van der Waals surface area contributed by atoms with Gasteiger partial charge in [-0.1, -0.05) is 6.92 Å². The Morgan fingerprint density at radius 3 is 2.45 bits per heavy atom. The van der Waals surface area contributed by atoms with Gasteiger partial charge in [0, 0.05) is 42.7 Å². The molecule has 1 aliphatic carbocycles. The molecule has 9 nitrogen and oxygen atoms in total. The number of sulfonamides is 1. The molecule has 2 aliphatic rings. The number of nitrogens with one attached hydrogen (secondary N) is 1. The number of aromatic nitrogens is 3. The summed E-state index contributed by atoms with van der Waals surface area (Å²) in [5, 5.41) is 13.7. The van der Waals surface area contributed by atoms with E-state index in [1.165, 1.54) is 21.3 Å². The molecule has 33 heavy (non-hydrogen) atoms. The van der Waals surface area contributed by atoms with Crippen LogP contribution >= 0.6 is 0 Å². The van der Waals surface area contributed by atoms with Crippen molar-refractivity contribution in [3.05, 3.63) is 28.2 Å². The average Bonchev–Trinajstić information content (AvgIpc) is 3.05. The minimum atomic E-state index is -3.34. The number of pyridine rings is 1. The first kappa shape index (κ1) is 24.0. The molecule has 1 aliphatic heterocycles. The van der Waals surface area contributed by atoms with Gasteiger partial charge in [-0.2, -0.15) is 4.98 Å². The van der Waals surface area contributed by atoms with Crippen molar-refractivity contribution in [3.63, 3.8) is 0 Å². The van der Waals surface area contributed by atoms with Gasteiger partial charge in [0.1, 0.15) is 5.65 Å². The number of hydrogen-bond acceptors (Lipinski definition) is 7. The molecule has 0 unspecified atom stereocenters. The number of alkyl halides is 2. The first-order valence-electron chi connectivity index (χ1n) is 11.1. The third kappa shape index (κ3) is 4.76. The van der Waals surface area contributed by atoms with Crippen molar-refractivity contribution in [2.75, 3.05) is 24.7 Å². The van der Waals surface area contributed by atoms with Crippen LogP contribution in [0.15, 0.2) is 17.1 Å². The van der Waals surface area contributed by atoms with E-state index in [4.69, 9.17) is 0 Å². The van der Waals surface area contributed by atoms with Gasteiger partial charge in [0.2, 0.25) is 21.8 Å². The maximum Gasteiger partial charge on any atom is 0.260 e. The first-order chi connectivity index (χ1) is 15.4. The summed E-state index contributed by atoms with van der Waals surface area (Å²) in [5.41, 5.74) is -1.20. The lowest BCUT2D eigenvalue weighted by atomic mass is 9.91. The molecule has 0 spiro atoms. The molecular weight excluding hydrogens is 455 g/mol. The summed E-state index contributed by atoms with van der Waals surface area (Å²) in [5.74, 6) is -3.38. The van der Waals surface area contributed by atoms with Gasteiger partial charge in [-0.3, -0.25) is 9.36 Å². The highest BCUT2D eigenvalue weighted by Crippen LogP contribution is 2.37. The smallest absolute Gasteiger partial charge is 0.260 e. The van der Waals surface area contributed by atoms with Crippen molar-refractivity contribution in [3.8, 4) is 0 Å². The summed E-state index contributed by atoms with van der Waals surface area (Å²) >= 11 is 0. The Balaban J connectivity index is 1.71. The predicted molar refractivity (Wildman–Crippen MR) is 123 cm³/mol. The van der Waals surface area contributed by atoms with Crippen molar-refractivity contribution in [1.29, 1.82) is 0 Å². The summed E-state index contributed by atoms with van der Waals surface area (Å²) in [6.45, 7) is 2.55. The molecule has 3 heterocycles. The van der Waals surface area contributed by atoms with Gasteiger partial charge in [-0.05, 0) is 31.7 Å².